The van der Waals surface area contributed by atoms with E-state index in [-0.39, 0.29) is 23.6 Å². The molecule has 0 aliphatic carbocycles. The molecule has 0 aliphatic rings. The van der Waals surface area contributed by atoms with Crippen LogP contribution in [0.5, 0.6) is 17.2 Å². The largest absolute Gasteiger partial charge is 0.497 e. The highest BCUT2D eigenvalue weighted by Gasteiger charge is 2.14. The summed E-state index contributed by atoms with van der Waals surface area (Å²) in [5.41, 5.74) is 6.93. The minimum atomic E-state index is -0.146. The Kier molecular flexibility index (Phi) is 6.16. The number of benzene rings is 1. The van der Waals surface area contributed by atoms with Crippen LogP contribution in [-0.2, 0) is 4.79 Å². The molecule has 0 saturated carbocycles. The Balaban J connectivity index is 2.22. The summed E-state index contributed by atoms with van der Waals surface area (Å²) < 4.78 is 11.2. The third kappa shape index (κ3) is 4.82. The lowest BCUT2D eigenvalue weighted by Crippen LogP contribution is -2.14. The van der Waals surface area contributed by atoms with Gasteiger partial charge in [0.1, 0.15) is 11.5 Å². The van der Waals surface area contributed by atoms with E-state index in [1.807, 2.05) is 25.1 Å². The van der Waals surface area contributed by atoms with Gasteiger partial charge < -0.3 is 15.2 Å². The fourth-order valence-corrected chi connectivity index (χ4v) is 2.25. The van der Waals surface area contributed by atoms with Crippen LogP contribution in [0, 0.1) is 0 Å². The van der Waals surface area contributed by atoms with Gasteiger partial charge in [0.25, 0.3) is 0 Å². The Labute approximate surface area is 147 Å². The number of nitrogens with zero attached hydrogens (tertiary/aromatic N) is 2. The topological polar surface area (TPSA) is 99.4 Å². The van der Waals surface area contributed by atoms with E-state index in [1.165, 1.54) is 6.20 Å². The van der Waals surface area contributed by atoms with Crippen molar-refractivity contribution in [3.8, 4) is 17.2 Å². The average Bonchev–Trinajstić information content (AvgIpc) is 2.57. The molecule has 1 amide bonds. The third-order valence-corrected chi connectivity index (χ3v) is 3.57. The van der Waals surface area contributed by atoms with E-state index in [2.05, 4.69) is 29.1 Å². The molecule has 2 rings (SSSR count). The molecule has 1 aromatic heterocycles. The number of amides is 1. The number of ether oxygens (including phenoxy) is 2. The molecule has 3 N–H and O–H groups in total. The van der Waals surface area contributed by atoms with Crippen LogP contribution in [-0.4, -0.2) is 23.0 Å². The number of carbonyl (C=O) groups excluding carboxylic acids is 1. The zero-order valence-electron chi connectivity index (χ0n) is 15.0. The zero-order chi connectivity index (χ0) is 18.4. The molecule has 0 spiro atoms. The van der Waals surface area contributed by atoms with E-state index in [4.69, 9.17) is 15.2 Å². The highest BCUT2D eigenvalue weighted by atomic mass is 16.5. The van der Waals surface area contributed by atoms with Gasteiger partial charge in [0.05, 0.1) is 13.3 Å². The van der Waals surface area contributed by atoms with Gasteiger partial charge in [-0.3, -0.25) is 10.1 Å². The smallest absolute Gasteiger partial charge is 0.231 e. The van der Waals surface area contributed by atoms with Crippen molar-refractivity contribution in [2.75, 3.05) is 18.2 Å². The molecular weight excluding hydrogens is 320 g/mol. The van der Waals surface area contributed by atoms with Crippen molar-refractivity contribution in [1.82, 2.24) is 9.97 Å². The Morgan fingerprint density at radius 1 is 1.32 bits per heavy atom. The summed E-state index contributed by atoms with van der Waals surface area (Å²) in [6, 6.07) is 5.57. The van der Waals surface area contributed by atoms with Gasteiger partial charge in [-0.25, -0.2) is 4.98 Å². The van der Waals surface area contributed by atoms with E-state index in [0.717, 1.165) is 17.7 Å². The lowest BCUT2D eigenvalue weighted by molar-refractivity contribution is -0.116. The molecule has 0 fully saturated rings. The minimum Gasteiger partial charge on any atom is -0.497 e. The Hall–Kier alpha value is -2.83. The van der Waals surface area contributed by atoms with Gasteiger partial charge in [0.15, 0.2) is 11.6 Å². The number of hydrogen-bond donors (Lipinski definition) is 2. The monoisotopic (exact) mass is 344 g/mol. The molecular formula is C18H24N4O3. The Morgan fingerprint density at radius 2 is 2.08 bits per heavy atom. The minimum absolute atomic E-state index is 0.146. The second-order valence-electron chi connectivity index (χ2n) is 5.90. The van der Waals surface area contributed by atoms with Crippen molar-refractivity contribution < 1.29 is 14.3 Å². The normalized spacial score (nSPS) is 10.6. The van der Waals surface area contributed by atoms with Crippen LogP contribution in [0.2, 0.25) is 0 Å². The number of carbonyl (C=O) groups is 1. The number of anilines is 2. The molecule has 0 saturated heterocycles. The number of nitrogen functional groups attached to an aromatic ring is 1. The van der Waals surface area contributed by atoms with Gasteiger partial charge in [0, 0.05) is 12.0 Å². The van der Waals surface area contributed by atoms with Crippen molar-refractivity contribution in [3.63, 3.8) is 0 Å². The summed E-state index contributed by atoms with van der Waals surface area (Å²) in [6.45, 7) is 6.05. The first-order chi connectivity index (χ1) is 11.9. The summed E-state index contributed by atoms with van der Waals surface area (Å²) in [6.07, 6.45) is 2.61. The highest BCUT2D eigenvalue weighted by Crippen LogP contribution is 2.34. The molecule has 0 bridgehead atoms. The lowest BCUT2D eigenvalue weighted by Gasteiger charge is -2.16. The highest BCUT2D eigenvalue weighted by molar-refractivity contribution is 5.89. The summed E-state index contributed by atoms with van der Waals surface area (Å²) in [5, 5.41) is 2.61. The molecule has 1 aromatic carbocycles. The van der Waals surface area contributed by atoms with Gasteiger partial charge in [-0.15, -0.1) is 0 Å². The number of hydrogen-bond acceptors (Lipinski definition) is 6. The third-order valence-electron chi connectivity index (χ3n) is 3.57. The second-order valence-corrected chi connectivity index (χ2v) is 5.90. The summed E-state index contributed by atoms with van der Waals surface area (Å²) in [7, 11) is 1.62. The van der Waals surface area contributed by atoms with E-state index >= 15 is 0 Å². The Bertz CT molecular complexity index is 747. The molecule has 0 radical (unpaired) electrons. The first-order valence-electron chi connectivity index (χ1n) is 8.22. The fourth-order valence-electron chi connectivity index (χ4n) is 2.25. The standard InChI is InChI=1S/C18H24N4O3/c1-5-6-16(23)21-18-20-10-15(17(19)22-18)25-14-8-7-12(24-4)9-13(14)11(2)3/h7-11H,5-6H2,1-4H3,(H3,19,20,21,22,23). The average molecular weight is 344 g/mol. The fraction of sp³-hybridized carbons (Fsp3) is 0.389. The molecule has 25 heavy (non-hydrogen) atoms. The molecule has 7 heteroatoms. The van der Waals surface area contributed by atoms with Gasteiger partial charge in [0.2, 0.25) is 11.9 Å². The quantitative estimate of drug-likeness (QED) is 0.794. The number of rotatable bonds is 7. The van der Waals surface area contributed by atoms with Crippen LogP contribution in [0.25, 0.3) is 0 Å². The van der Waals surface area contributed by atoms with Gasteiger partial charge in [-0.1, -0.05) is 20.8 Å². The van der Waals surface area contributed by atoms with Gasteiger partial charge in [-0.05, 0) is 30.5 Å². The first-order valence-corrected chi connectivity index (χ1v) is 8.22. The van der Waals surface area contributed by atoms with Crippen molar-refractivity contribution in [2.45, 2.75) is 39.5 Å². The number of methoxy groups -OCH3 is 1. The summed E-state index contributed by atoms with van der Waals surface area (Å²) in [5.74, 6) is 2.17. The molecule has 2 aromatic rings. The molecule has 0 atom stereocenters. The number of nitrogens with two attached hydrogens (primary N) is 1. The first kappa shape index (κ1) is 18.5. The van der Waals surface area contributed by atoms with Crippen LogP contribution >= 0.6 is 0 Å². The van der Waals surface area contributed by atoms with E-state index in [1.54, 1.807) is 7.11 Å². The zero-order valence-corrected chi connectivity index (χ0v) is 15.0. The van der Waals surface area contributed by atoms with E-state index in [0.29, 0.717) is 17.9 Å². The summed E-state index contributed by atoms with van der Waals surface area (Å²) >= 11 is 0. The maximum absolute atomic E-state index is 11.6. The van der Waals surface area contributed by atoms with Crippen LogP contribution in [0.15, 0.2) is 24.4 Å². The predicted octanol–water partition coefficient (Wildman–Crippen LogP) is 3.72. The second kappa shape index (κ2) is 8.32. The SMILES string of the molecule is CCCC(=O)Nc1ncc(Oc2ccc(OC)cc2C(C)C)c(N)n1. The van der Waals surface area contributed by atoms with Crippen molar-refractivity contribution in [2.24, 2.45) is 0 Å². The predicted molar refractivity (Wildman–Crippen MR) is 97.1 cm³/mol. The number of aromatic nitrogens is 2. The van der Waals surface area contributed by atoms with Gasteiger partial charge in [-0.2, -0.15) is 4.98 Å². The maximum Gasteiger partial charge on any atom is 0.231 e. The maximum atomic E-state index is 11.6. The van der Waals surface area contributed by atoms with Crippen molar-refractivity contribution >= 4 is 17.7 Å². The molecule has 0 aliphatic heterocycles. The Morgan fingerprint density at radius 3 is 2.68 bits per heavy atom. The molecule has 1 heterocycles. The van der Waals surface area contributed by atoms with Crippen LogP contribution < -0.4 is 20.5 Å². The van der Waals surface area contributed by atoms with Gasteiger partial charge >= 0.3 is 0 Å². The van der Waals surface area contributed by atoms with Crippen LogP contribution in [0.4, 0.5) is 11.8 Å². The van der Waals surface area contributed by atoms with Crippen molar-refractivity contribution in [1.29, 1.82) is 0 Å². The van der Waals surface area contributed by atoms with Crippen molar-refractivity contribution in [3.05, 3.63) is 30.0 Å². The van der Waals surface area contributed by atoms with E-state index < -0.39 is 0 Å². The van der Waals surface area contributed by atoms with E-state index in [9.17, 15) is 4.79 Å². The summed E-state index contributed by atoms with van der Waals surface area (Å²) in [4.78, 5) is 19.8. The van der Waals surface area contributed by atoms with Crippen LogP contribution in [0.1, 0.15) is 45.1 Å². The molecule has 134 valence electrons. The molecule has 0 unspecified atom stereocenters. The number of nitrogens with one attached hydrogen (secondary N) is 1. The lowest BCUT2D eigenvalue weighted by atomic mass is 10.0. The molecule has 7 nitrogen and oxygen atoms in total. The van der Waals surface area contributed by atoms with Crippen LogP contribution in [0.3, 0.4) is 0 Å².